The van der Waals surface area contributed by atoms with E-state index in [4.69, 9.17) is 18.9 Å². The van der Waals surface area contributed by atoms with Crippen LogP contribution in [0.3, 0.4) is 0 Å². The van der Waals surface area contributed by atoms with Crippen LogP contribution in [-0.2, 0) is 30.7 Å². The summed E-state index contributed by atoms with van der Waals surface area (Å²) in [5.74, 6) is -0.296. The summed E-state index contributed by atoms with van der Waals surface area (Å²) in [6.07, 6.45) is -0.240. The summed E-state index contributed by atoms with van der Waals surface area (Å²) >= 11 is 0. The van der Waals surface area contributed by atoms with Gasteiger partial charge in [0.15, 0.2) is 21.2 Å². The second-order valence-electron chi connectivity index (χ2n) is 13.0. The number of rotatable bonds is 11. The molecule has 42 heavy (non-hydrogen) atoms. The summed E-state index contributed by atoms with van der Waals surface area (Å²) in [4.78, 5) is 0.0874. The molecule has 1 saturated heterocycles. The summed E-state index contributed by atoms with van der Waals surface area (Å²) in [6.45, 7) is 11.5. The first-order valence-electron chi connectivity index (χ1n) is 14.6. The van der Waals surface area contributed by atoms with E-state index in [1.807, 2.05) is 38.1 Å². The van der Waals surface area contributed by atoms with Gasteiger partial charge in [0.05, 0.1) is 31.3 Å². The fourth-order valence-electron chi connectivity index (χ4n) is 7.98. The average molecular weight is 601 g/mol. The highest BCUT2D eigenvalue weighted by molar-refractivity contribution is 7.92. The molecule has 1 heterocycles. The van der Waals surface area contributed by atoms with E-state index in [9.17, 15) is 18.6 Å². The van der Waals surface area contributed by atoms with Crippen LogP contribution in [-0.4, -0.2) is 67.3 Å². The molecule has 2 aromatic rings. The first-order chi connectivity index (χ1) is 19.7. The molecule has 0 radical (unpaired) electrons. The number of hydrogen-bond donors (Lipinski definition) is 2. The molecule has 2 aromatic carbocycles. The van der Waals surface area contributed by atoms with E-state index < -0.39 is 55.6 Å². The maximum Gasteiger partial charge on any atom is 0.184 e. The Morgan fingerprint density at radius 1 is 1.10 bits per heavy atom. The largest absolute Gasteiger partial charge is 0.497 e. The predicted molar refractivity (Wildman–Crippen MR) is 159 cm³/mol. The van der Waals surface area contributed by atoms with Gasteiger partial charge >= 0.3 is 0 Å². The van der Waals surface area contributed by atoms with Gasteiger partial charge in [-0.1, -0.05) is 50.3 Å². The first kappa shape index (κ1) is 31.2. The molecule has 2 aliphatic carbocycles. The predicted octanol–water partition coefficient (Wildman–Crippen LogP) is 4.68. The van der Waals surface area contributed by atoms with Crippen molar-refractivity contribution in [1.82, 2.24) is 0 Å². The molecule has 8 nitrogen and oxygen atoms in total. The van der Waals surface area contributed by atoms with Gasteiger partial charge in [0.1, 0.15) is 23.2 Å². The summed E-state index contributed by atoms with van der Waals surface area (Å²) < 4.78 is 53.7. The highest BCUT2D eigenvalue weighted by Gasteiger charge is 2.73. The van der Waals surface area contributed by atoms with Crippen LogP contribution in [0.5, 0.6) is 5.75 Å². The van der Waals surface area contributed by atoms with Gasteiger partial charge < -0.3 is 29.2 Å². The SMILES string of the molecule is C=C[C@@H](OCc1ccc(OC)cc1)[C@]1([C@H](O)[C@H]([C@@]23CC[C@@H](C[C@H]2O)C3(C)C)S(=O)(=O)c2ccccc2)COC(C)(C)O1. The Balaban J connectivity index is 1.62. The third kappa shape index (κ3) is 4.82. The lowest BCUT2D eigenvalue weighted by molar-refractivity contribution is -0.222. The molecule has 0 amide bonds. The molecule has 5 rings (SSSR count). The van der Waals surface area contributed by atoms with Crippen LogP contribution in [0.25, 0.3) is 0 Å². The van der Waals surface area contributed by atoms with Gasteiger partial charge in [0, 0.05) is 5.41 Å². The molecule has 2 saturated carbocycles. The Morgan fingerprint density at radius 3 is 2.26 bits per heavy atom. The zero-order chi connectivity index (χ0) is 30.6. The van der Waals surface area contributed by atoms with Crippen molar-refractivity contribution in [3.8, 4) is 5.75 Å². The maximum atomic E-state index is 14.7. The minimum atomic E-state index is -4.21. The fraction of sp³-hybridized carbons (Fsp3) is 0.576. The van der Waals surface area contributed by atoms with Crippen molar-refractivity contribution >= 4 is 9.84 Å². The number of benzene rings is 2. The molecule has 2 N–H and O–H groups in total. The van der Waals surface area contributed by atoms with Crippen molar-refractivity contribution in [3.05, 3.63) is 72.8 Å². The van der Waals surface area contributed by atoms with E-state index in [0.29, 0.717) is 18.6 Å². The standard InChI is InChI=1S/C33H44O8S/c1-7-27(39-20-22-13-15-24(38-6)16-14-22)33(21-40-31(4,5)41-33)28(35)29(42(36,37)25-11-9-8-10-12-25)32-18-17-23(19-26(32)34)30(32,2)3/h7-16,23,26-29,34-35H,1,17-21H2,2-6H3/t23-,26+,27+,28+,29+,32+,33-/m0/s1. The van der Waals surface area contributed by atoms with Gasteiger partial charge in [0.25, 0.3) is 0 Å². The lowest BCUT2D eigenvalue weighted by Gasteiger charge is -2.51. The van der Waals surface area contributed by atoms with Gasteiger partial charge in [-0.3, -0.25) is 0 Å². The number of hydrogen-bond acceptors (Lipinski definition) is 8. The molecule has 0 unspecified atom stereocenters. The molecule has 2 bridgehead atoms. The van der Waals surface area contributed by atoms with Crippen LogP contribution in [0.1, 0.15) is 52.5 Å². The highest BCUT2D eigenvalue weighted by atomic mass is 32.2. The highest BCUT2D eigenvalue weighted by Crippen LogP contribution is 2.69. The number of methoxy groups -OCH3 is 1. The van der Waals surface area contributed by atoms with Crippen molar-refractivity contribution in [2.75, 3.05) is 13.7 Å². The molecular weight excluding hydrogens is 556 g/mol. The quantitative estimate of drug-likeness (QED) is 0.358. The second-order valence-corrected chi connectivity index (χ2v) is 15.1. The topological polar surface area (TPSA) is 112 Å². The average Bonchev–Trinajstić information content (AvgIpc) is 3.49. The summed E-state index contributed by atoms with van der Waals surface area (Å²) in [6, 6.07) is 15.6. The Kier molecular flexibility index (Phi) is 8.18. The van der Waals surface area contributed by atoms with Crippen LogP contribution in [0.4, 0.5) is 0 Å². The van der Waals surface area contributed by atoms with Gasteiger partial charge in [-0.25, -0.2) is 8.42 Å². The number of aliphatic hydroxyl groups is 2. The van der Waals surface area contributed by atoms with Gasteiger partial charge in [-0.05, 0) is 74.3 Å². The molecule has 3 aliphatic rings. The van der Waals surface area contributed by atoms with Crippen LogP contribution in [0, 0.1) is 16.7 Å². The van der Waals surface area contributed by atoms with E-state index in [-0.39, 0.29) is 24.0 Å². The van der Waals surface area contributed by atoms with Crippen molar-refractivity contribution < 1.29 is 37.6 Å². The number of aliphatic hydroxyl groups excluding tert-OH is 2. The number of sulfone groups is 1. The fourth-order valence-corrected chi connectivity index (χ4v) is 10.5. The van der Waals surface area contributed by atoms with Crippen molar-refractivity contribution in [3.63, 3.8) is 0 Å². The lowest BCUT2D eigenvalue weighted by Crippen LogP contribution is -2.67. The Hall–Kier alpha value is -2.27. The minimum absolute atomic E-state index is 0.0874. The van der Waals surface area contributed by atoms with E-state index >= 15 is 0 Å². The van der Waals surface area contributed by atoms with E-state index in [1.165, 1.54) is 6.08 Å². The molecule has 0 aromatic heterocycles. The van der Waals surface area contributed by atoms with Crippen molar-refractivity contribution in [2.45, 2.75) is 93.4 Å². The zero-order valence-corrected chi connectivity index (χ0v) is 26.0. The number of fused-ring (bicyclic) bond motifs is 2. The van der Waals surface area contributed by atoms with E-state index in [2.05, 4.69) is 6.58 Å². The molecule has 3 fully saturated rings. The van der Waals surface area contributed by atoms with Crippen molar-refractivity contribution in [1.29, 1.82) is 0 Å². The van der Waals surface area contributed by atoms with Gasteiger partial charge in [0.2, 0.25) is 0 Å². The van der Waals surface area contributed by atoms with Crippen LogP contribution < -0.4 is 4.74 Å². The van der Waals surface area contributed by atoms with Gasteiger partial charge in [-0.15, -0.1) is 6.58 Å². The molecule has 1 aliphatic heterocycles. The Bertz CT molecular complexity index is 1370. The van der Waals surface area contributed by atoms with Crippen molar-refractivity contribution in [2.24, 2.45) is 16.7 Å². The van der Waals surface area contributed by atoms with Crippen LogP contribution in [0.2, 0.25) is 0 Å². The third-order valence-corrected chi connectivity index (χ3v) is 12.6. The smallest absolute Gasteiger partial charge is 0.184 e. The van der Waals surface area contributed by atoms with Crippen LogP contribution >= 0.6 is 0 Å². The Labute approximate surface area is 249 Å². The monoisotopic (exact) mass is 600 g/mol. The minimum Gasteiger partial charge on any atom is -0.497 e. The summed E-state index contributed by atoms with van der Waals surface area (Å²) in [7, 11) is -2.61. The van der Waals surface area contributed by atoms with E-state index in [1.54, 1.807) is 51.3 Å². The first-order valence-corrected chi connectivity index (χ1v) is 16.2. The number of ether oxygens (including phenoxy) is 4. The molecule has 7 atom stereocenters. The molecular formula is C33H44O8S. The molecule has 9 heteroatoms. The third-order valence-electron chi connectivity index (χ3n) is 10.3. The Morgan fingerprint density at radius 2 is 1.76 bits per heavy atom. The normalized spacial score (nSPS) is 31.9. The lowest BCUT2D eigenvalue weighted by atomic mass is 9.63. The maximum absolute atomic E-state index is 14.7. The second kappa shape index (κ2) is 11.0. The summed E-state index contributed by atoms with van der Waals surface area (Å²) in [5.41, 5.74) is -2.47. The van der Waals surface area contributed by atoms with Gasteiger partial charge in [-0.2, -0.15) is 0 Å². The molecule has 0 spiro atoms. The molecule has 230 valence electrons. The van der Waals surface area contributed by atoms with E-state index in [0.717, 1.165) is 12.0 Å². The zero-order valence-electron chi connectivity index (χ0n) is 25.2. The summed E-state index contributed by atoms with van der Waals surface area (Å²) in [5, 5.41) is 22.9. The van der Waals surface area contributed by atoms with Crippen LogP contribution in [0.15, 0.2) is 72.1 Å².